The molecule has 1 unspecified atom stereocenters. The Kier molecular flexibility index (Phi) is 4.78. The minimum Gasteiger partial charge on any atom is -0.462 e. The first-order valence-corrected chi connectivity index (χ1v) is 11.5. The highest BCUT2D eigenvalue weighted by molar-refractivity contribution is 7.90. The lowest BCUT2D eigenvalue weighted by Crippen LogP contribution is -2.46. The van der Waals surface area contributed by atoms with Gasteiger partial charge in [0.25, 0.3) is 10.0 Å². The molecule has 0 aromatic heterocycles. The van der Waals surface area contributed by atoms with Gasteiger partial charge in [-0.3, -0.25) is 0 Å². The van der Waals surface area contributed by atoms with Crippen LogP contribution in [0.3, 0.4) is 0 Å². The highest BCUT2D eigenvalue weighted by atomic mass is 32.2. The molecule has 27 heavy (non-hydrogen) atoms. The molecule has 0 saturated carbocycles. The number of sulfonamides is 1. The summed E-state index contributed by atoms with van der Waals surface area (Å²) in [5.74, 6) is 2.79. The first-order valence-electron chi connectivity index (χ1n) is 9.86. The van der Waals surface area contributed by atoms with Crippen molar-refractivity contribution in [2.45, 2.75) is 51.9 Å². The predicted molar refractivity (Wildman–Crippen MR) is 108 cm³/mol. The average Bonchev–Trinajstić information content (AvgIpc) is 2.63. The molecule has 0 radical (unpaired) electrons. The molecule has 1 fully saturated rings. The maximum atomic E-state index is 12.0. The molecule has 1 aromatic rings. The molecular formula is C21H28N2O3S. The van der Waals surface area contributed by atoms with Crippen molar-refractivity contribution >= 4 is 15.9 Å². The number of fused-ring (bicyclic) bond motifs is 1. The maximum absolute atomic E-state index is 12.0. The van der Waals surface area contributed by atoms with Crippen LogP contribution in [-0.4, -0.2) is 38.0 Å². The molecule has 2 aliphatic heterocycles. The molecule has 1 aromatic carbocycles. The third-order valence-corrected chi connectivity index (χ3v) is 7.03. The summed E-state index contributed by atoms with van der Waals surface area (Å²) in [6.07, 6.45) is 7.37. The van der Waals surface area contributed by atoms with Crippen molar-refractivity contribution in [2.24, 2.45) is 9.81 Å². The van der Waals surface area contributed by atoms with Crippen LogP contribution in [0, 0.1) is 5.41 Å². The van der Waals surface area contributed by atoms with Gasteiger partial charge in [-0.05, 0) is 54.9 Å². The van der Waals surface area contributed by atoms with Gasteiger partial charge in [-0.1, -0.05) is 26.0 Å². The van der Waals surface area contributed by atoms with E-state index in [1.807, 2.05) is 12.1 Å². The summed E-state index contributed by atoms with van der Waals surface area (Å²) >= 11 is 0. The molecule has 1 saturated heterocycles. The van der Waals surface area contributed by atoms with E-state index < -0.39 is 10.0 Å². The van der Waals surface area contributed by atoms with E-state index in [0.29, 0.717) is 12.0 Å². The van der Waals surface area contributed by atoms with Crippen molar-refractivity contribution in [3.05, 3.63) is 41.7 Å². The lowest BCUT2D eigenvalue weighted by molar-refractivity contribution is 0.278. The van der Waals surface area contributed by atoms with Crippen LogP contribution < -0.4 is 4.74 Å². The molecule has 6 heteroatoms. The van der Waals surface area contributed by atoms with Gasteiger partial charge in [0.05, 0.1) is 5.75 Å². The molecule has 3 aliphatic rings. The van der Waals surface area contributed by atoms with Crippen molar-refractivity contribution < 1.29 is 13.2 Å². The molecular weight excluding hydrogens is 360 g/mol. The fourth-order valence-electron chi connectivity index (χ4n) is 4.10. The second-order valence-corrected chi connectivity index (χ2v) is 10.4. The van der Waals surface area contributed by atoms with Gasteiger partial charge in [0.15, 0.2) is 0 Å². The monoisotopic (exact) mass is 388 g/mol. The summed E-state index contributed by atoms with van der Waals surface area (Å²) < 4.78 is 34.1. The van der Waals surface area contributed by atoms with Gasteiger partial charge in [0.1, 0.15) is 17.3 Å². The molecule has 1 aliphatic carbocycles. The molecule has 0 amide bonds. The van der Waals surface area contributed by atoms with Crippen LogP contribution in [0.5, 0.6) is 5.75 Å². The van der Waals surface area contributed by atoms with E-state index in [4.69, 9.17) is 4.74 Å². The number of amidine groups is 1. The van der Waals surface area contributed by atoms with Crippen molar-refractivity contribution in [3.8, 4) is 5.75 Å². The Hall–Kier alpha value is -1.82. The summed E-state index contributed by atoms with van der Waals surface area (Å²) in [5.41, 5.74) is 1.48. The van der Waals surface area contributed by atoms with Gasteiger partial charge < -0.3 is 9.64 Å². The molecule has 0 spiro atoms. The van der Waals surface area contributed by atoms with Crippen LogP contribution in [0.25, 0.3) is 0 Å². The normalized spacial score (nSPS) is 26.6. The second kappa shape index (κ2) is 6.97. The number of hydrogen-bond acceptors (Lipinski definition) is 4. The number of rotatable bonds is 3. The molecule has 5 nitrogen and oxygen atoms in total. The summed E-state index contributed by atoms with van der Waals surface area (Å²) in [4.78, 5) is 2.13. The summed E-state index contributed by atoms with van der Waals surface area (Å²) in [6.45, 7) is 6.04. The zero-order chi connectivity index (χ0) is 19.1. The first-order chi connectivity index (χ1) is 12.8. The summed E-state index contributed by atoms with van der Waals surface area (Å²) in [6, 6.07) is 8.10. The Morgan fingerprint density at radius 2 is 1.96 bits per heavy atom. The van der Waals surface area contributed by atoms with Crippen LogP contribution in [0.1, 0.15) is 57.4 Å². The Morgan fingerprint density at radius 1 is 1.19 bits per heavy atom. The summed E-state index contributed by atoms with van der Waals surface area (Å²) in [7, 11) is -3.32. The number of nitrogens with zero attached hydrogens (tertiary/aromatic N) is 2. The Morgan fingerprint density at radius 3 is 2.67 bits per heavy atom. The average molecular weight is 389 g/mol. The maximum Gasteiger partial charge on any atom is 0.256 e. The van der Waals surface area contributed by atoms with Crippen LogP contribution in [0.4, 0.5) is 0 Å². The van der Waals surface area contributed by atoms with Gasteiger partial charge in [-0.25, -0.2) is 8.42 Å². The van der Waals surface area contributed by atoms with E-state index in [9.17, 15) is 8.42 Å². The number of ether oxygens (including phenoxy) is 1. The molecule has 146 valence electrons. The highest BCUT2D eigenvalue weighted by Crippen LogP contribution is 2.36. The van der Waals surface area contributed by atoms with Crippen LogP contribution in [-0.2, 0) is 10.0 Å². The number of piperidine rings is 1. The van der Waals surface area contributed by atoms with Crippen LogP contribution in [0.15, 0.2) is 40.5 Å². The van der Waals surface area contributed by atoms with Gasteiger partial charge >= 0.3 is 0 Å². The van der Waals surface area contributed by atoms with E-state index >= 15 is 0 Å². The van der Waals surface area contributed by atoms with Crippen molar-refractivity contribution in [1.82, 2.24) is 4.90 Å². The van der Waals surface area contributed by atoms with Crippen molar-refractivity contribution in [1.29, 1.82) is 0 Å². The van der Waals surface area contributed by atoms with E-state index in [1.165, 1.54) is 0 Å². The zero-order valence-electron chi connectivity index (χ0n) is 16.1. The first kappa shape index (κ1) is 18.5. The van der Waals surface area contributed by atoms with E-state index in [1.54, 1.807) is 0 Å². The fraction of sp³-hybridized carbons (Fsp3) is 0.571. The van der Waals surface area contributed by atoms with Crippen molar-refractivity contribution in [2.75, 3.05) is 18.8 Å². The second-order valence-electron chi connectivity index (χ2n) is 8.63. The quantitative estimate of drug-likeness (QED) is 0.783. The summed E-state index contributed by atoms with van der Waals surface area (Å²) in [5, 5.41) is 0. The minimum absolute atomic E-state index is 0.0533. The lowest BCUT2D eigenvalue weighted by Gasteiger charge is -2.37. The SMILES string of the molecule is CC1(C)CC=C(Oc2ccc(C3CCCN4CCS(=O)(=O)N=C34)cc2)CC1. The number of hydrogen-bond donors (Lipinski definition) is 0. The Balaban J connectivity index is 1.50. The molecule has 2 heterocycles. The third kappa shape index (κ3) is 4.21. The molecule has 4 rings (SSSR count). The van der Waals surface area contributed by atoms with Gasteiger partial charge in [0.2, 0.25) is 0 Å². The van der Waals surface area contributed by atoms with Crippen LogP contribution in [0.2, 0.25) is 0 Å². The molecule has 0 bridgehead atoms. The number of allylic oxidation sites excluding steroid dienone is 2. The van der Waals surface area contributed by atoms with E-state index in [0.717, 1.165) is 61.6 Å². The molecule has 0 N–H and O–H groups in total. The smallest absolute Gasteiger partial charge is 0.256 e. The van der Waals surface area contributed by atoms with E-state index in [2.05, 4.69) is 41.4 Å². The Bertz CT molecular complexity index is 869. The van der Waals surface area contributed by atoms with E-state index in [-0.39, 0.29) is 11.7 Å². The van der Waals surface area contributed by atoms with Gasteiger partial charge in [-0.15, -0.1) is 4.40 Å². The number of benzene rings is 1. The topological polar surface area (TPSA) is 59.0 Å². The Labute approximate surface area is 162 Å². The van der Waals surface area contributed by atoms with Crippen molar-refractivity contribution in [3.63, 3.8) is 0 Å². The fourth-order valence-corrected chi connectivity index (χ4v) is 5.17. The lowest BCUT2D eigenvalue weighted by atomic mass is 9.80. The zero-order valence-corrected chi connectivity index (χ0v) is 17.0. The third-order valence-electron chi connectivity index (χ3n) is 5.87. The predicted octanol–water partition coefficient (Wildman–Crippen LogP) is 4.08. The molecule has 1 atom stereocenters. The van der Waals surface area contributed by atoms with Crippen LogP contribution >= 0.6 is 0 Å². The minimum atomic E-state index is -3.32. The standard InChI is InChI=1S/C21H28N2O3S/c1-21(2)11-9-18(10-12-21)26-17-7-5-16(6-8-17)19-4-3-13-23-14-15-27(24,25)22-20(19)23/h5-9,19H,3-4,10-15H2,1-2H3. The van der Waals surface area contributed by atoms with Gasteiger partial charge in [0, 0.05) is 25.4 Å². The largest absolute Gasteiger partial charge is 0.462 e. The highest BCUT2D eigenvalue weighted by Gasteiger charge is 2.33. The van der Waals surface area contributed by atoms with Gasteiger partial charge in [-0.2, -0.15) is 0 Å².